The van der Waals surface area contributed by atoms with E-state index in [0.717, 1.165) is 38.6 Å². The molecule has 1 aromatic rings. The Hall–Kier alpha value is -3.21. The van der Waals surface area contributed by atoms with Crippen molar-refractivity contribution in [1.29, 1.82) is 0 Å². The van der Waals surface area contributed by atoms with Crippen molar-refractivity contribution in [3.05, 3.63) is 30.1 Å². The van der Waals surface area contributed by atoms with E-state index in [1.807, 2.05) is 0 Å². The van der Waals surface area contributed by atoms with E-state index in [1.165, 1.54) is 31.7 Å². The number of nitrogens with zero attached hydrogens (tertiary/aromatic N) is 1. The van der Waals surface area contributed by atoms with Gasteiger partial charge in [0.2, 0.25) is 11.8 Å². The number of urea groups is 1. The average molecular weight is 546 g/mol. The molecule has 214 valence electrons. The molecule has 0 bridgehead atoms. The van der Waals surface area contributed by atoms with Crippen LogP contribution in [0.3, 0.4) is 0 Å². The van der Waals surface area contributed by atoms with Crippen molar-refractivity contribution < 1.29 is 28.3 Å². The molecule has 0 aromatic heterocycles. The number of esters is 1. The van der Waals surface area contributed by atoms with Crippen LogP contribution in [0.1, 0.15) is 64.2 Å². The van der Waals surface area contributed by atoms with Crippen LogP contribution in [0.5, 0.6) is 0 Å². The van der Waals surface area contributed by atoms with Gasteiger partial charge in [0.15, 0.2) is 0 Å². The molecule has 11 heteroatoms. The highest BCUT2D eigenvalue weighted by atomic mass is 19.1. The summed E-state index contributed by atoms with van der Waals surface area (Å²) in [5.41, 5.74) is 0.311. The quantitative estimate of drug-likeness (QED) is 0.372. The van der Waals surface area contributed by atoms with E-state index in [9.17, 15) is 23.6 Å². The molecule has 0 radical (unpaired) electrons. The molecule has 2 saturated heterocycles. The van der Waals surface area contributed by atoms with Gasteiger partial charge in [-0.15, -0.1) is 0 Å². The molecule has 1 saturated carbocycles. The first-order valence-electron chi connectivity index (χ1n) is 14.1. The zero-order chi connectivity index (χ0) is 27.8. The largest absolute Gasteiger partial charge is 0.467 e. The molecule has 0 unspecified atom stereocenters. The normalized spacial score (nSPS) is 24.5. The van der Waals surface area contributed by atoms with Crippen molar-refractivity contribution in [2.75, 3.05) is 25.5 Å². The molecule has 2 heterocycles. The van der Waals surface area contributed by atoms with Gasteiger partial charge in [-0.05, 0) is 62.8 Å². The maximum absolute atomic E-state index is 13.7. The number of amides is 4. The average Bonchev–Trinajstić information content (AvgIpc) is 3.47. The number of carbonyl (C=O) groups is 4. The fraction of sp³-hybridized carbons (Fsp3) is 0.643. The lowest BCUT2D eigenvalue weighted by Crippen LogP contribution is -2.61. The number of carbonyl (C=O) groups excluding carboxylic acids is 4. The molecule has 4 N–H and O–H groups in total. The van der Waals surface area contributed by atoms with Crippen LogP contribution in [0.15, 0.2) is 24.3 Å². The number of anilines is 1. The maximum Gasteiger partial charge on any atom is 0.328 e. The van der Waals surface area contributed by atoms with Gasteiger partial charge in [-0.3, -0.25) is 9.59 Å². The van der Waals surface area contributed by atoms with Crippen molar-refractivity contribution in [2.24, 2.45) is 5.92 Å². The summed E-state index contributed by atoms with van der Waals surface area (Å²) in [5, 5.41) is 11.6. The molecule has 4 rings (SSSR count). The molecule has 1 aliphatic carbocycles. The summed E-state index contributed by atoms with van der Waals surface area (Å²) in [6.45, 7) is 1.03. The Balaban J connectivity index is 1.45. The van der Waals surface area contributed by atoms with E-state index in [-0.39, 0.29) is 24.9 Å². The minimum absolute atomic E-state index is 0.141. The monoisotopic (exact) mass is 545 g/mol. The van der Waals surface area contributed by atoms with Crippen molar-refractivity contribution in [1.82, 2.24) is 20.9 Å². The number of hydrogen-bond acceptors (Lipinski definition) is 6. The number of ether oxygens (including phenoxy) is 1. The fourth-order valence-electron chi connectivity index (χ4n) is 6.00. The summed E-state index contributed by atoms with van der Waals surface area (Å²) in [5.74, 6) is -1.20. The van der Waals surface area contributed by atoms with E-state index >= 15 is 0 Å². The van der Waals surface area contributed by atoms with Crippen molar-refractivity contribution in [3.8, 4) is 0 Å². The number of rotatable bonds is 8. The Morgan fingerprint density at radius 2 is 1.90 bits per heavy atom. The number of halogens is 1. The molecule has 2 aliphatic heterocycles. The van der Waals surface area contributed by atoms with Crippen molar-refractivity contribution in [2.45, 2.75) is 88.4 Å². The van der Waals surface area contributed by atoms with Crippen molar-refractivity contribution in [3.63, 3.8) is 0 Å². The van der Waals surface area contributed by atoms with Crippen LogP contribution in [0.2, 0.25) is 0 Å². The first kappa shape index (κ1) is 28.8. The smallest absolute Gasteiger partial charge is 0.328 e. The molecule has 4 atom stereocenters. The number of piperidine rings is 1. The lowest BCUT2D eigenvalue weighted by molar-refractivity contribution is -0.148. The number of hydrogen-bond donors (Lipinski definition) is 4. The number of nitrogens with one attached hydrogen (secondary N) is 4. The van der Waals surface area contributed by atoms with E-state index < -0.39 is 41.9 Å². The van der Waals surface area contributed by atoms with Gasteiger partial charge < -0.3 is 30.9 Å². The Morgan fingerprint density at radius 1 is 1.10 bits per heavy atom. The molecule has 1 aromatic carbocycles. The summed E-state index contributed by atoms with van der Waals surface area (Å²) in [6, 6.07) is 2.66. The highest BCUT2D eigenvalue weighted by Gasteiger charge is 2.41. The van der Waals surface area contributed by atoms with Gasteiger partial charge in [0.25, 0.3) is 0 Å². The van der Waals surface area contributed by atoms with Crippen LogP contribution >= 0.6 is 0 Å². The highest BCUT2D eigenvalue weighted by molar-refractivity contribution is 5.93. The summed E-state index contributed by atoms with van der Waals surface area (Å²) in [6.07, 6.45) is 8.16. The summed E-state index contributed by atoms with van der Waals surface area (Å²) in [7, 11) is 1.31. The molecule has 3 fully saturated rings. The molecular formula is C28H40FN5O5. The third kappa shape index (κ3) is 7.90. The second kappa shape index (κ2) is 13.7. The van der Waals surface area contributed by atoms with Gasteiger partial charge in [-0.2, -0.15) is 0 Å². The highest BCUT2D eigenvalue weighted by Crippen LogP contribution is 2.28. The molecule has 0 spiro atoms. The van der Waals surface area contributed by atoms with Gasteiger partial charge in [0.1, 0.15) is 17.9 Å². The van der Waals surface area contributed by atoms with Crippen LogP contribution in [0.25, 0.3) is 0 Å². The number of methoxy groups -OCH3 is 1. The third-order valence-corrected chi connectivity index (χ3v) is 8.06. The van der Waals surface area contributed by atoms with E-state index in [1.54, 1.807) is 11.0 Å². The Morgan fingerprint density at radius 3 is 2.59 bits per heavy atom. The minimum Gasteiger partial charge on any atom is -0.467 e. The Bertz CT molecular complexity index is 1030. The van der Waals surface area contributed by atoms with Gasteiger partial charge in [-0.1, -0.05) is 38.2 Å². The Labute approximate surface area is 228 Å². The standard InChI is InChI=1S/C28H40FN5O5/c1-39-27(37)23(15-18-7-3-2-4-8-18)33-25(35)24-17-21(12-14-34(24)26(36)22-11-6-13-30-22)32-28(38)31-20-10-5-9-19(29)16-20/h5,9-10,16,18,21-24,30H,2-4,6-8,11-15,17H2,1H3,(H,33,35)(H2,31,32,38)/t21-,22+,23-,24-/m0/s1. The lowest BCUT2D eigenvalue weighted by Gasteiger charge is -2.40. The zero-order valence-corrected chi connectivity index (χ0v) is 22.5. The fourth-order valence-corrected chi connectivity index (χ4v) is 6.00. The zero-order valence-electron chi connectivity index (χ0n) is 22.5. The SMILES string of the molecule is COC(=O)[C@H](CC1CCCCC1)NC(=O)[C@@H]1C[C@@H](NC(=O)Nc2cccc(F)c2)CCN1C(=O)[C@H]1CCCN1. The summed E-state index contributed by atoms with van der Waals surface area (Å²) in [4.78, 5) is 53.8. The summed E-state index contributed by atoms with van der Waals surface area (Å²) < 4.78 is 18.5. The minimum atomic E-state index is -0.855. The molecule has 4 amide bonds. The van der Waals surface area contributed by atoms with Crippen LogP contribution < -0.4 is 21.3 Å². The topological polar surface area (TPSA) is 129 Å². The first-order valence-corrected chi connectivity index (χ1v) is 14.1. The van der Waals surface area contributed by atoms with Crippen LogP contribution in [0, 0.1) is 11.7 Å². The number of benzene rings is 1. The van der Waals surface area contributed by atoms with Gasteiger partial charge >= 0.3 is 12.0 Å². The van der Waals surface area contributed by atoms with E-state index in [4.69, 9.17) is 4.74 Å². The predicted octanol–water partition coefficient (Wildman–Crippen LogP) is 2.69. The first-order chi connectivity index (χ1) is 18.8. The molecule has 3 aliphatic rings. The molecule has 39 heavy (non-hydrogen) atoms. The molecule has 10 nitrogen and oxygen atoms in total. The number of likely N-dealkylation sites (tertiary alicyclic amines) is 1. The van der Waals surface area contributed by atoms with Gasteiger partial charge in [0, 0.05) is 18.3 Å². The maximum atomic E-state index is 13.7. The van der Waals surface area contributed by atoms with Crippen LogP contribution in [-0.2, 0) is 19.1 Å². The lowest BCUT2D eigenvalue weighted by atomic mass is 9.84. The second-order valence-electron chi connectivity index (χ2n) is 10.9. The molecular weight excluding hydrogens is 505 g/mol. The van der Waals surface area contributed by atoms with Crippen LogP contribution in [0.4, 0.5) is 14.9 Å². The van der Waals surface area contributed by atoms with E-state index in [0.29, 0.717) is 30.9 Å². The third-order valence-electron chi connectivity index (χ3n) is 8.06. The van der Waals surface area contributed by atoms with Crippen LogP contribution in [-0.4, -0.2) is 73.1 Å². The van der Waals surface area contributed by atoms with E-state index in [2.05, 4.69) is 21.3 Å². The van der Waals surface area contributed by atoms with Gasteiger partial charge in [0.05, 0.1) is 13.2 Å². The Kier molecular flexibility index (Phi) is 10.1. The van der Waals surface area contributed by atoms with Gasteiger partial charge in [-0.25, -0.2) is 14.0 Å². The second-order valence-corrected chi connectivity index (χ2v) is 10.9. The summed E-state index contributed by atoms with van der Waals surface area (Å²) >= 11 is 0. The van der Waals surface area contributed by atoms with Crippen molar-refractivity contribution >= 4 is 29.5 Å². The predicted molar refractivity (Wildman–Crippen MR) is 143 cm³/mol.